The fourth-order valence-electron chi connectivity index (χ4n) is 4.58. The monoisotopic (exact) mass is 366 g/mol. The molecule has 0 bridgehead atoms. The number of aliphatic hydroxyl groups is 3. The average Bonchev–Trinajstić information content (AvgIpc) is 2.97. The van der Waals surface area contributed by atoms with Crippen molar-refractivity contribution in [3.8, 4) is 0 Å². The summed E-state index contributed by atoms with van der Waals surface area (Å²) in [6.45, 7) is 10.6. The van der Waals surface area contributed by atoms with E-state index in [9.17, 15) is 24.9 Å². The van der Waals surface area contributed by atoms with Crippen LogP contribution in [-0.2, 0) is 19.1 Å². The summed E-state index contributed by atoms with van der Waals surface area (Å²) in [4.78, 5) is 24.3. The number of carbonyl (C=O) groups is 2. The topological polar surface area (TPSA) is 113 Å². The maximum atomic E-state index is 12.2. The molecule has 0 aromatic rings. The van der Waals surface area contributed by atoms with Crippen molar-refractivity contribution in [3.05, 3.63) is 24.3 Å². The molecule has 2 aliphatic carbocycles. The van der Waals surface area contributed by atoms with E-state index in [4.69, 9.17) is 9.47 Å². The van der Waals surface area contributed by atoms with Gasteiger partial charge in [-0.15, -0.1) is 0 Å². The van der Waals surface area contributed by atoms with E-state index in [2.05, 4.69) is 13.2 Å². The lowest BCUT2D eigenvalue weighted by Crippen LogP contribution is -2.53. The van der Waals surface area contributed by atoms with Gasteiger partial charge in [0.15, 0.2) is 0 Å². The molecular weight excluding hydrogens is 340 g/mol. The molecule has 0 unspecified atom stereocenters. The summed E-state index contributed by atoms with van der Waals surface area (Å²) < 4.78 is 11.1. The molecule has 1 saturated heterocycles. The Morgan fingerprint density at radius 1 is 1.42 bits per heavy atom. The highest BCUT2D eigenvalue weighted by molar-refractivity contribution is 5.91. The fraction of sp³-hybridized carbons (Fsp3) is 0.684. The van der Waals surface area contributed by atoms with Crippen LogP contribution < -0.4 is 0 Å². The van der Waals surface area contributed by atoms with Crippen LogP contribution in [0.3, 0.4) is 0 Å². The van der Waals surface area contributed by atoms with E-state index in [1.54, 1.807) is 13.8 Å². The summed E-state index contributed by atoms with van der Waals surface area (Å²) in [7, 11) is 0. The Morgan fingerprint density at radius 2 is 2.08 bits per heavy atom. The summed E-state index contributed by atoms with van der Waals surface area (Å²) in [6, 6.07) is 0. The summed E-state index contributed by atoms with van der Waals surface area (Å²) in [5, 5.41) is 31.0. The molecule has 7 nitrogen and oxygen atoms in total. The first-order valence-corrected chi connectivity index (χ1v) is 8.91. The molecule has 144 valence electrons. The Morgan fingerprint density at radius 3 is 2.65 bits per heavy atom. The lowest BCUT2D eigenvalue weighted by Gasteiger charge is -2.37. The quantitative estimate of drug-likeness (QED) is 0.375. The highest BCUT2D eigenvalue weighted by Gasteiger charge is 2.64. The van der Waals surface area contributed by atoms with Crippen molar-refractivity contribution in [2.45, 2.75) is 50.6 Å². The van der Waals surface area contributed by atoms with E-state index >= 15 is 0 Å². The van der Waals surface area contributed by atoms with Gasteiger partial charge in [0, 0.05) is 17.9 Å². The molecule has 1 heterocycles. The zero-order chi connectivity index (χ0) is 19.4. The first-order chi connectivity index (χ1) is 12.1. The second-order valence-electron chi connectivity index (χ2n) is 7.95. The largest absolute Gasteiger partial charge is 0.461 e. The van der Waals surface area contributed by atoms with Crippen molar-refractivity contribution in [2.75, 3.05) is 6.61 Å². The first-order valence-electron chi connectivity index (χ1n) is 8.91. The molecule has 0 spiro atoms. The van der Waals surface area contributed by atoms with Crippen LogP contribution >= 0.6 is 0 Å². The highest BCUT2D eigenvalue weighted by Crippen LogP contribution is 2.54. The molecule has 1 aliphatic heterocycles. The number of aliphatic hydroxyl groups excluding tert-OH is 2. The zero-order valence-electron chi connectivity index (χ0n) is 15.1. The maximum Gasteiger partial charge on any atom is 0.334 e. The van der Waals surface area contributed by atoms with Crippen LogP contribution in [0.5, 0.6) is 0 Å². The second-order valence-corrected chi connectivity index (χ2v) is 7.95. The van der Waals surface area contributed by atoms with E-state index in [-0.39, 0.29) is 30.3 Å². The highest BCUT2D eigenvalue weighted by atomic mass is 16.6. The van der Waals surface area contributed by atoms with Crippen molar-refractivity contribution >= 4 is 11.9 Å². The van der Waals surface area contributed by atoms with E-state index in [0.717, 1.165) is 0 Å². The molecule has 0 aromatic heterocycles. The van der Waals surface area contributed by atoms with Gasteiger partial charge in [-0.25, -0.2) is 4.79 Å². The van der Waals surface area contributed by atoms with E-state index in [1.807, 2.05) is 0 Å². The second kappa shape index (κ2) is 6.48. The van der Waals surface area contributed by atoms with Gasteiger partial charge in [0.05, 0.1) is 24.5 Å². The molecular formula is C19H26O7. The Labute approximate surface area is 152 Å². The number of hydrogen-bond acceptors (Lipinski definition) is 7. The molecule has 3 rings (SSSR count). The molecule has 3 aliphatic rings. The fourth-order valence-corrected chi connectivity index (χ4v) is 4.58. The van der Waals surface area contributed by atoms with Crippen molar-refractivity contribution in [1.29, 1.82) is 0 Å². The molecule has 26 heavy (non-hydrogen) atoms. The number of hydrogen-bond donors (Lipinski definition) is 3. The third-order valence-corrected chi connectivity index (χ3v) is 6.06. The summed E-state index contributed by atoms with van der Waals surface area (Å²) in [5.74, 6) is -3.12. The molecule has 2 saturated carbocycles. The summed E-state index contributed by atoms with van der Waals surface area (Å²) >= 11 is 0. The van der Waals surface area contributed by atoms with Gasteiger partial charge in [-0.05, 0) is 12.3 Å². The van der Waals surface area contributed by atoms with Crippen LogP contribution in [0, 0.1) is 23.7 Å². The van der Waals surface area contributed by atoms with Crippen LogP contribution in [0.4, 0.5) is 0 Å². The normalized spacial score (nSPS) is 42.3. The van der Waals surface area contributed by atoms with Gasteiger partial charge in [-0.2, -0.15) is 0 Å². The standard InChI is InChI=1S/C19H26O7/c1-8(2)17(22)25-12-5-9(3)11-6-13(21)19(24,7-20)15(11)16-14(12)10(4)18(23)26-16/h8,11-16,20-21,24H,3-7H2,1-2H3/t11-,12-,13-,14+,15-,16-,19+/m0/s1. The summed E-state index contributed by atoms with van der Waals surface area (Å²) in [5.41, 5.74) is -0.955. The first kappa shape index (κ1) is 19.1. The van der Waals surface area contributed by atoms with Gasteiger partial charge >= 0.3 is 11.9 Å². The minimum absolute atomic E-state index is 0.173. The number of rotatable bonds is 3. The van der Waals surface area contributed by atoms with Crippen LogP contribution in [0.2, 0.25) is 0 Å². The maximum absolute atomic E-state index is 12.2. The Hall–Kier alpha value is -1.70. The molecule has 0 aromatic carbocycles. The van der Waals surface area contributed by atoms with Gasteiger partial charge < -0.3 is 24.8 Å². The van der Waals surface area contributed by atoms with Gasteiger partial charge in [0.1, 0.15) is 17.8 Å². The summed E-state index contributed by atoms with van der Waals surface area (Å²) in [6.07, 6.45) is -2.23. The Kier molecular flexibility index (Phi) is 4.75. The number of esters is 2. The zero-order valence-corrected chi connectivity index (χ0v) is 15.1. The van der Waals surface area contributed by atoms with Gasteiger partial charge in [0.2, 0.25) is 0 Å². The van der Waals surface area contributed by atoms with Gasteiger partial charge in [-0.1, -0.05) is 32.6 Å². The minimum atomic E-state index is -1.82. The van der Waals surface area contributed by atoms with Crippen LogP contribution in [0.1, 0.15) is 26.7 Å². The van der Waals surface area contributed by atoms with E-state index in [1.165, 1.54) is 0 Å². The lowest BCUT2D eigenvalue weighted by molar-refractivity contribution is -0.167. The Balaban J connectivity index is 2.03. The number of ether oxygens (including phenoxy) is 2. The molecule has 7 atom stereocenters. The van der Waals surface area contributed by atoms with E-state index in [0.29, 0.717) is 5.57 Å². The van der Waals surface area contributed by atoms with Crippen molar-refractivity contribution < 1.29 is 34.4 Å². The third-order valence-electron chi connectivity index (χ3n) is 6.06. The SMILES string of the molecule is C=C1C(=O)O[C@H]2[C@H]1[C@@H](OC(=O)C(C)C)CC(=C)[C@@H]1C[C@H](O)[C@](O)(CO)[C@H]21. The van der Waals surface area contributed by atoms with Crippen LogP contribution in [0.25, 0.3) is 0 Å². The average molecular weight is 366 g/mol. The molecule has 7 heteroatoms. The van der Waals surface area contributed by atoms with Crippen LogP contribution in [0.15, 0.2) is 24.3 Å². The molecule has 3 N–H and O–H groups in total. The predicted molar refractivity (Wildman–Crippen MR) is 90.6 cm³/mol. The smallest absolute Gasteiger partial charge is 0.334 e. The van der Waals surface area contributed by atoms with Crippen molar-refractivity contribution in [3.63, 3.8) is 0 Å². The lowest BCUT2D eigenvalue weighted by atomic mass is 9.76. The van der Waals surface area contributed by atoms with Crippen molar-refractivity contribution in [2.24, 2.45) is 23.7 Å². The Bertz CT molecular complexity index is 654. The van der Waals surface area contributed by atoms with Gasteiger partial charge in [0.25, 0.3) is 0 Å². The van der Waals surface area contributed by atoms with Crippen LogP contribution in [-0.4, -0.2) is 57.8 Å². The molecule has 0 radical (unpaired) electrons. The third kappa shape index (κ3) is 2.69. The molecule has 3 fully saturated rings. The number of fused-ring (bicyclic) bond motifs is 3. The predicted octanol–water partition coefficient (Wildman–Crippen LogP) is 0.332. The van der Waals surface area contributed by atoms with E-state index < -0.39 is 54.3 Å². The minimum Gasteiger partial charge on any atom is -0.461 e. The van der Waals surface area contributed by atoms with Gasteiger partial charge in [-0.3, -0.25) is 4.79 Å². The van der Waals surface area contributed by atoms with Crippen molar-refractivity contribution in [1.82, 2.24) is 0 Å². The molecule has 0 amide bonds. The number of carbonyl (C=O) groups excluding carboxylic acids is 2.